The van der Waals surface area contributed by atoms with Crippen LogP contribution in [0, 0.1) is 23.2 Å². The molecule has 0 unspecified atom stereocenters. The first-order chi connectivity index (χ1) is 10.5. The van der Waals surface area contributed by atoms with Gasteiger partial charge in [-0.25, -0.2) is 5.10 Å². The van der Waals surface area contributed by atoms with E-state index in [0.29, 0.717) is 0 Å². The van der Waals surface area contributed by atoms with Crippen molar-refractivity contribution in [3.63, 3.8) is 0 Å². The van der Waals surface area contributed by atoms with Crippen LogP contribution in [0.2, 0.25) is 0 Å². The molecular formula is C17H23N3O2. The number of rotatable bonds is 3. The molecule has 0 spiro atoms. The molecule has 22 heavy (non-hydrogen) atoms. The Balaban J connectivity index is 1.50. The van der Waals surface area contributed by atoms with Crippen LogP contribution in [0.1, 0.15) is 55.9 Å². The molecule has 0 aromatic carbocycles. The monoisotopic (exact) mass is 301 g/mol. The van der Waals surface area contributed by atoms with E-state index in [1.807, 2.05) is 0 Å². The number of aromatic amines is 1. The van der Waals surface area contributed by atoms with E-state index in [9.17, 15) is 9.59 Å². The van der Waals surface area contributed by atoms with Crippen LogP contribution in [0.15, 0.2) is 16.9 Å². The second-order valence-corrected chi connectivity index (χ2v) is 7.78. The van der Waals surface area contributed by atoms with Crippen LogP contribution in [0.25, 0.3) is 0 Å². The molecule has 4 aliphatic carbocycles. The number of H-pyrrole nitrogens is 1. The summed E-state index contributed by atoms with van der Waals surface area (Å²) in [6.07, 6.45) is 8.00. The Morgan fingerprint density at radius 2 is 1.82 bits per heavy atom. The van der Waals surface area contributed by atoms with Gasteiger partial charge in [-0.1, -0.05) is 0 Å². The minimum absolute atomic E-state index is 0.169. The first kappa shape index (κ1) is 14.0. The summed E-state index contributed by atoms with van der Waals surface area (Å²) in [6, 6.07) is 3.00. The van der Waals surface area contributed by atoms with Gasteiger partial charge < -0.3 is 5.32 Å². The summed E-state index contributed by atoms with van der Waals surface area (Å²) in [7, 11) is 0. The van der Waals surface area contributed by atoms with Crippen molar-refractivity contribution in [1.82, 2.24) is 15.5 Å². The highest BCUT2D eigenvalue weighted by Crippen LogP contribution is 2.61. The Bertz CT molecular complexity index is 596. The summed E-state index contributed by atoms with van der Waals surface area (Å²) in [6.45, 7) is 2.15. The Hall–Kier alpha value is -1.65. The highest BCUT2D eigenvalue weighted by Gasteiger charge is 2.53. The second kappa shape index (κ2) is 4.93. The van der Waals surface area contributed by atoms with Crippen LogP contribution in [0.3, 0.4) is 0 Å². The van der Waals surface area contributed by atoms with E-state index in [4.69, 9.17) is 0 Å². The molecule has 1 atom stereocenters. The first-order valence-corrected chi connectivity index (χ1v) is 8.41. The average molecular weight is 301 g/mol. The standard InChI is InChI=1S/C17H23N3O2/c1-10(18-16(22)14-2-3-15(21)20-19-14)17-7-11-4-12(8-17)6-13(5-11)9-17/h2-3,10-13H,4-9H2,1H3,(H,18,22)(H,20,21)/t10-,11?,12?,13?,17?/m0/s1. The molecule has 2 N–H and O–H groups in total. The van der Waals surface area contributed by atoms with E-state index < -0.39 is 0 Å². The van der Waals surface area contributed by atoms with Gasteiger partial charge >= 0.3 is 0 Å². The Labute approximate surface area is 129 Å². The van der Waals surface area contributed by atoms with E-state index in [-0.39, 0.29) is 28.6 Å². The normalized spacial score (nSPS) is 37.0. The number of nitrogens with zero attached hydrogens (tertiary/aromatic N) is 1. The van der Waals surface area contributed by atoms with Crippen molar-refractivity contribution in [2.24, 2.45) is 23.2 Å². The van der Waals surface area contributed by atoms with Crippen molar-refractivity contribution in [2.45, 2.75) is 51.5 Å². The van der Waals surface area contributed by atoms with E-state index in [1.165, 1.54) is 50.7 Å². The molecule has 5 heteroatoms. The van der Waals surface area contributed by atoms with Gasteiger partial charge in [0, 0.05) is 12.1 Å². The number of carbonyl (C=O) groups is 1. The van der Waals surface area contributed by atoms with Crippen LogP contribution >= 0.6 is 0 Å². The van der Waals surface area contributed by atoms with E-state index in [0.717, 1.165) is 17.8 Å². The van der Waals surface area contributed by atoms with Gasteiger partial charge in [-0.05, 0) is 74.7 Å². The van der Waals surface area contributed by atoms with Crippen LogP contribution < -0.4 is 10.9 Å². The van der Waals surface area contributed by atoms with E-state index >= 15 is 0 Å². The number of hydrogen-bond donors (Lipinski definition) is 2. The second-order valence-electron chi connectivity index (χ2n) is 7.78. The number of hydrogen-bond acceptors (Lipinski definition) is 3. The zero-order chi connectivity index (χ0) is 15.3. The lowest BCUT2D eigenvalue weighted by Crippen LogP contribution is -2.55. The largest absolute Gasteiger partial charge is 0.348 e. The van der Waals surface area contributed by atoms with Crippen molar-refractivity contribution >= 4 is 5.91 Å². The summed E-state index contributed by atoms with van der Waals surface area (Å²) in [5.41, 5.74) is 0.286. The summed E-state index contributed by atoms with van der Waals surface area (Å²) in [5.74, 6) is 2.44. The fourth-order valence-electron chi connectivity index (χ4n) is 5.60. The highest BCUT2D eigenvalue weighted by atomic mass is 16.2. The lowest BCUT2D eigenvalue weighted by atomic mass is 9.48. The predicted octanol–water partition coefficient (Wildman–Crippen LogP) is 2.10. The molecule has 5 nitrogen and oxygen atoms in total. The maximum atomic E-state index is 12.4. The van der Waals surface area contributed by atoms with Crippen LogP contribution in [0.5, 0.6) is 0 Å². The highest BCUT2D eigenvalue weighted by molar-refractivity contribution is 5.92. The van der Waals surface area contributed by atoms with Gasteiger partial charge in [-0.2, -0.15) is 5.10 Å². The summed E-state index contributed by atoms with van der Waals surface area (Å²) in [4.78, 5) is 23.4. The number of aromatic nitrogens is 2. The van der Waals surface area contributed by atoms with Gasteiger partial charge in [-0.15, -0.1) is 0 Å². The molecule has 5 rings (SSSR count). The Morgan fingerprint density at radius 3 is 2.32 bits per heavy atom. The average Bonchev–Trinajstić information content (AvgIpc) is 2.46. The van der Waals surface area contributed by atoms with Crippen molar-refractivity contribution in [3.8, 4) is 0 Å². The van der Waals surface area contributed by atoms with Crippen LogP contribution in [-0.2, 0) is 0 Å². The van der Waals surface area contributed by atoms with Gasteiger partial charge in [0.05, 0.1) is 0 Å². The Morgan fingerprint density at radius 1 is 1.23 bits per heavy atom. The lowest BCUT2D eigenvalue weighted by Gasteiger charge is -2.59. The molecule has 1 aromatic rings. The molecule has 1 heterocycles. The van der Waals surface area contributed by atoms with Gasteiger partial charge in [0.25, 0.3) is 11.5 Å². The zero-order valence-electron chi connectivity index (χ0n) is 13.0. The molecule has 0 radical (unpaired) electrons. The summed E-state index contributed by atoms with van der Waals surface area (Å²) >= 11 is 0. The third-order valence-electron chi connectivity index (χ3n) is 6.26. The van der Waals surface area contributed by atoms with Crippen molar-refractivity contribution < 1.29 is 4.79 Å². The first-order valence-electron chi connectivity index (χ1n) is 8.41. The molecule has 4 bridgehead atoms. The molecular weight excluding hydrogens is 278 g/mol. The molecule has 4 fully saturated rings. The van der Waals surface area contributed by atoms with Crippen LogP contribution in [0.4, 0.5) is 0 Å². The van der Waals surface area contributed by atoms with Gasteiger partial charge in [-0.3, -0.25) is 9.59 Å². The molecule has 0 aliphatic heterocycles. The predicted molar refractivity (Wildman–Crippen MR) is 82.4 cm³/mol. The maximum absolute atomic E-state index is 12.4. The molecule has 1 amide bonds. The summed E-state index contributed by atoms with van der Waals surface area (Å²) < 4.78 is 0. The van der Waals surface area contributed by atoms with Crippen LogP contribution in [-0.4, -0.2) is 22.1 Å². The minimum atomic E-state index is -0.286. The van der Waals surface area contributed by atoms with Crippen molar-refractivity contribution in [3.05, 3.63) is 28.2 Å². The third-order valence-corrected chi connectivity index (χ3v) is 6.26. The third kappa shape index (κ3) is 2.27. The SMILES string of the molecule is C[C@H](NC(=O)c1ccc(=O)[nH]n1)C12CC3CC(CC(C3)C1)C2. The quantitative estimate of drug-likeness (QED) is 0.898. The summed E-state index contributed by atoms with van der Waals surface area (Å²) in [5, 5.41) is 9.30. The molecule has 4 saturated carbocycles. The van der Waals surface area contributed by atoms with Gasteiger partial charge in [0.1, 0.15) is 5.69 Å². The molecule has 1 aromatic heterocycles. The topological polar surface area (TPSA) is 74.8 Å². The number of amides is 1. The fourth-order valence-corrected chi connectivity index (χ4v) is 5.60. The number of nitrogens with one attached hydrogen (secondary N) is 2. The molecule has 0 saturated heterocycles. The molecule has 4 aliphatic rings. The van der Waals surface area contributed by atoms with E-state index in [1.54, 1.807) is 0 Å². The molecule has 118 valence electrons. The van der Waals surface area contributed by atoms with Gasteiger partial charge in [0.15, 0.2) is 0 Å². The Kier molecular flexibility index (Phi) is 3.13. The minimum Gasteiger partial charge on any atom is -0.348 e. The lowest BCUT2D eigenvalue weighted by molar-refractivity contribution is -0.0688. The van der Waals surface area contributed by atoms with Crippen molar-refractivity contribution in [2.75, 3.05) is 0 Å². The smallest absolute Gasteiger partial charge is 0.271 e. The zero-order valence-corrected chi connectivity index (χ0v) is 13.0. The number of carbonyl (C=O) groups excluding carboxylic acids is 1. The maximum Gasteiger partial charge on any atom is 0.271 e. The fraction of sp³-hybridized carbons (Fsp3) is 0.706. The van der Waals surface area contributed by atoms with Crippen molar-refractivity contribution in [1.29, 1.82) is 0 Å². The van der Waals surface area contributed by atoms with Gasteiger partial charge in [0.2, 0.25) is 0 Å². The van der Waals surface area contributed by atoms with E-state index in [2.05, 4.69) is 22.4 Å².